The van der Waals surface area contributed by atoms with Gasteiger partial charge < -0.3 is 14.8 Å². The van der Waals surface area contributed by atoms with Gasteiger partial charge in [-0.05, 0) is 50.9 Å². The molecule has 0 radical (unpaired) electrons. The molecule has 3 heterocycles. The average molecular weight is 330 g/mol. The van der Waals surface area contributed by atoms with Crippen molar-refractivity contribution in [3.63, 3.8) is 0 Å². The Morgan fingerprint density at radius 2 is 1.96 bits per heavy atom. The predicted octanol–water partition coefficient (Wildman–Crippen LogP) is 1.98. The van der Waals surface area contributed by atoms with E-state index in [-0.39, 0.29) is 11.8 Å². The second-order valence-electron chi connectivity index (χ2n) is 7.59. The van der Waals surface area contributed by atoms with E-state index in [0.717, 1.165) is 63.9 Å². The summed E-state index contributed by atoms with van der Waals surface area (Å²) < 4.78 is 2.01. The Morgan fingerprint density at radius 1 is 1.12 bits per heavy atom. The molecule has 0 spiro atoms. The van der Waals surface area contributed by atoms with Gasteiger partial charge in [-0.25, -0.2) is 4.98 Å². The lowest BCUT2D eigenvalue weighted by Crippen LogP contribution is -2.40. The van der Waals surface area contributed by atoms with E-state index in [9.17, 15) is 9.59 Å². The number of aromatic nitrogens is 2. The number of imidazole rings is 1. The van der Waals surface area contributed by atoms with E-state index in [1.54, 1.807) is 0 Å². The number of fused-ring (bicyclic) bond motifs is 1. The van der Waals surface area contributed by atoms with E-state index in [0.29, 0.717) is 23.5 Å². The van der Waals surface area contributed by atoms with Crippen LogP contribution < -0.4 is 5.32 Å². The molecule has 1 aromatic heterocycles. The molecule has 1 saturated heterocycles. The molecule has 0 bridgehead atoms. The summed E-state index contributed by atoms with van der Waals surface area (Å²) in [6.45, 7) is 4.58. The van der Waals surface area contributed by atoms with E-state index < -0.39 is 0 Å². The minimum absolute atomic E-state index is 0.00447. The molecule has 3 aliphatic rings. The Kier molecular flexibility index (Phi) is 4.06. The fourth-order valence-corrected chi connectivity index (χ4v) is 3.88. The van der Waals surface area contributed by atoms with Crippen molar-refractivity contribution in [3.05, 3.63) is 17.2 Å². The smallest absolute Gasteiger partial charge is 0.289 e. The molecular formula is C18H26N4O2. The van der Waals surface area contributed by atoms with Crippen LogP contribution in [0.15, 0.2) is 0 Å². The number of amides is 2. The molecule has 1 N–H and O–H groups in total. The second-order valence-corrected chi connectivity index (χ2v) is 7.59. The third-order valence-electron chi connectivity index (χ3n) is 5.38. The Labute approximate surface area is 142 Å². The lowest BCUT2D eigenvalue weighted by molar-refractivity contribution is 0.0664. The number of nitrogens with one attached hydrogen (secondary N) is 1. The molecule has 4 rings (SSSR count). The van der Waals surface area contributed by atoms with E-state index >= 15 is 0 Å². The third-order valence-corrected chi connectivity index (χ3v) is 5.38. The van der Waals surface area contributed by atoms with Crippen LogP contribution in [-0.2, 0) is 13.0 Å². The Morgan fingerprint density at radius 3 is 2.71 bits per heavy atom. The van der Waals surface area contributed by atoms with Crippen LogP contribution in [0.3, 0.4) is 0 Å². The standard InChI is InChI=1S/C18H26N4O2/c1-12-5-4-9-21(11-12)18(24)16-20-15(17(23)19-13-7-8-13)14-6-2-3-10-22(14)16/h12-13H,2-11H2,1H3,(H,19,23). The van der Waals surface area contributed by atoms with Gasteiger partial charge in [0.05, 0.1) is 5.69 Å². The summed E-state index contributed by atoms with van der Waals surface area (Å²) in [4.78, 5) is 32.0. The van der Waals surface area contributed by atoms with E-state index in [1.807, 2.05) is 9.47 Å². The van der Waals surface area contributed by atoms with Crippen LogP contribution in [0.25, 0.3) is 0 Å². The zero-order valence-corrected chi connectivity index (χ0v) is 14.4. The molecule has 2 aliphatic heterocycles. The molecule has 6 nitrogen and oxygen atoms in total. The van der Waals surface area contributed by atoms with Crippen molar-refractivity contribution in [2.75, 3.05) is 13.1 Å². The summed E-state index contributed by atoms with van der Waals surface area (Å²) in [6.07, 6.45) is 7.28. The van der Waals surface area contributed by atoms with Crippen LogP contribution in [0, 0.1) is 5.92 Å². The SMILES string of the molecule is CC1CCCN(C(=O)c2nc(C(=O)NC3CC3)c3n2CCCC3)C1. The summed E-state index contributed by atoms with van der Waals surface area (Å²) in [5, 5.41) is 3.02. The summed E-state index contributed by atoms with van der Waals surface area (Å²) in [5.41, 5.74) is 1.43. The van der Waals surface area contributed by atoms with E-state index in [2.05, 4.69) is 17.2 Å². The number of hydrogen-bond donors (Lipinski definition) is 1. The maximum atomic E-state index is 13.0. The topological polar surface area (TPSA) is 67.2 Å². The zero-order chi connectivity index (χ0) is 16.7. The Balaban J connectivity index is 1.63. The van der Waals surface area contributed by atoms with Crippen molar-refractivity contribution in [1.29, 1.82) is 0 Å². The molecular weight excluding hydrogens is 304 g/mol. The lowest BCUT2D eigenvalue weighted by atomic mass is 10.0. The highest BCUT2D eigenvalue weighted by atomic mass is 16.2. The summed E-state index contributed by atoms with van der Waals surface area (Å²) in [6, 6.07) is 0.306. The number of likely N-dealkylation sites (tertiary alicyclic amines) is 1. The van der Waals surface area contributed by atoms with Gasteiger partial charge in [-0.1, -0.05) is 6.92 Å². The van der Waals surface area contributed by atoms with Crippen LogP contribution in [-0.4, -0.2) is 45.4 Å². The van der Waals surface area contributed by atoms with E-state index in [1.165, 1.54) is 6.42 Å². The first-order valence-electron chi connectivity index (χ1n) is 9.33. The largest absolute Gasteiger partial charge is 0.348 e. The predicted molar refractivity (Wildman–Crippen MR) is 90.0 cm³/mol. The van der Waals surface area contributed by atoms with Crippen molar-refractivity contribution >= 4 is 11.8 Å². The van der Waals surface area contributed by atoms with Crippen LogP contribution >= 0.6 is 0 Å². The highest BCUT2D eigenvalue weighted by Crippen LogP contribution is 2.25. The van der Waals surface area contributed by atoms with Gasteiger partial charge in [-0.2, -0.15) is 0 Å². The van der Waals surface area contributed by atoms with Crippen LogP contribution in [0.4, 0.5) is 0 Å². The molecule has 6 heteroatoms. The average Bonchev–Trinajstić information content (AvgIpc) is 3.31. The molecule has 1 aromatic rings. The number of carbonyl (C=O) groups excluding carboxylic acids is 2. The van der Waals surface area contributed by atoms with E-state index in [4.69, 9.17) is 0 Å². The van der Waals surface area contributed by atoms with Gasteiger partial charge in [0.2, 0.25) is 0 Å². The molecule has 0 aromatic carbocycles. The van der Waals surface area contributed by atoms with Gasteiger partial charge in [-0.3, -0.25) is 9.59 Å². The van der Waals surface area contributed by atoms with Crippen molar-refractivity contribution < 1.29 is 9.59 Å². The highest BCUT2D eigenvalue weighted by molar-refractivity contribution is 5.97. The summed E-state index contributed by atoms with van der Waals surface area (Å²) in [7, 11) is 0. The fraction of sp³-hybridized carbons (Fsp3) is 0.722. The quantitative estimate of drug-likeness (QED) is 0.921. The number of carbonyl (C=O) groups is 2. The van der Waals surface area contributed by atoms with Crippen LogP contribution in [0.1, 0.15) is 72.3 Å². The molecule has 24 heavy (non-hydrogen) atoms. The number of hydrogen-bond acceptors (Lipinski definition) is 3. The first-order valence-corrected chi connectivity index (χ1v) is 9.33. The third kappa shape index (κ3) is 2.94. The molecule has 2 fully saturated rings. The fourth-order valence-electron chi connectivity index (χ4n) is 3.88. The lowest BCUT2D eigenvalue weighted by Gasteiger charge is -2.31. The molecule has 1 saturated carbocycles. The minimum atomic E-state index is -0.103. The van der Waals surface area contributed by atoms with Crippen molar-refractivity contribution in [2.24, 2.45) is 5.92 Å². The van der Waals surface area contributed by atoms with Crippen molar-refractivity contribution in [1.82, 2.24) is 19.8 Å². The van der Waals surface area contributed by atoms with Gasteiger partial charge >= 0.3 is 0 Å². The summed E-state index contributed by atoms with van der Waals surface area (Å²) in [5.74, 6) is 0.903. The van der Waals surface area contributed by atoms with Gasteiger partial charge in [0.25, 0.3) is 11.8 Å². The van der Waals surface area contributed by atoms with Crippen molar-refractivity contribution in [3.8, 4) is 0 Å². The van der Waals surface area contributed by atoms with Crippen LogP contribution in [0.5, 0.6) is 0 Å². The maximum absolute atomic E-state index is 13.0. The molecule has 2 amide bonds. The van der Waals surface area contributed by atoms with Gasteiger partial charge in [-0.15, -0.1) is 0 Å². The first-order chi connectivity index (χ1) is 11.6. The minimum Gasteiger partial charge on any atom is -0.348 e. The Hall–Kier alpha value is -1.85. The number of piperidine rings is 1. The van der Waals surface area contributed by atoms with Gasteiger partial charge in [0.1, 0.15) is 5.69 Å². The van der Waals surface area contributed by atoms with Gasteiger partial charge in [0.15, 0.2) is 5.82 Å². The summed E-state index contributed by atoms with van der Waals surface area (Å²) >= 11 is 0. The Bertz CT molecular complexity index is 662. The zero-order valence-electron chi connectivity index (χ0n) is 14.4. The molecule has 1 aliphatic carbocycles. The van der Waals surface area contributed by atoms with Crippen molar-refractivity contribution in [2.45, 2.75) is 64.5 Å². The monoisotopic (exact) mass is 330 g/mol. The maximum Gasteiger partial charge on any atom is 0.289 e. The first kappa shape index (κ1) is 15.7. The van der Waals surface area contributed by atoms with Gasteiger partial charge in [0, 0.05) is 25.7 Å². The molecule has 1 unspecified atom stereocenters. The van der Waals surface area contributed by atoms with Crippen LogP contribution in [0.2, 0.25) is 0 Å². The number of nitrogens with zero attached hydrogens (tertiary/aromatic N) is 3. The number of rotatable bonds is 3. The molecule has 1 atom stereocenters. The second kappa shape index (κ2) is 6.22. The highest BCUT2D eigenvalue weighted by Gasteiger charge is 2.33. The molecule has 130 valence electrons. The normalized spacial score (nSPS) is 23.7.